The normalized spacial score (nSPS) is 23.1. The molecule has 0 bridgehead atoms. The molecule has 0 aromatic carbocycles. The molecular formula is C13H22N4O3. The molecule has 1 unspecified atom stereocenters. The Bertz CT molecular complexity index is 370. The van der Waals surface area contributed by atoms with E-state index in [4.69, 9.17) is 0 Å². The monoisotopic (exact) mass is 282 g/mol. The van der Waals surface area contributed by atoms with Gasteiger partial charge in [-0.3, -0.25) is 19.7 Å². The van der Waals surface area contributed by atoms with Crippen LogP contribution in [0.4, 0.5) is 0 Å². The van der Waals surface area contributed by atoms with Gasteiger partial charge in [-0.25, -0.2) is 0 Å². The molecule has 2 fully saturated rings. The lowest BCUT2D eigenvalue weighted by atomic mass is 10.1. The number of rotatable bonds is 4. The van der Waals surface area contributed by atoms with E-state index in [1.165, 1.54) is 6.42 Å². The van der Waals surface area contributed by atoms with Crippen molar-refractivity contribution in [1.82, 2.24) is 20.9 Å². The molecule has 7 nitrogen and oxygen atoms in total. The molecule has 2 aliphatic rings. The quantitative estimate of drug-likeness (QED) is 0.591. The molecule has 7 heteroatoms. The second kappa shape index (κ2) is 7.23. The molecule has 0 radical (unpaired) electrons. The Hall–Kier alpha value is -1.63. The number of amides is 3. The molecule has 0 aliphatic carbocycles. The zero-order chi connectivity index (χ0) is 14.4. The molecule has 3 N–H and O–H groups in total. The van der Waals surface area contributed by atoms with Gasteiger partial charge in [0.15, 0.2) is 0 Å². The summed E-state index contributed by atoms with van der Waals surface area (Å²) in [5.41, 5.74) is 0. The van der Waals surface area contributed by atoms with Crippen LogP contribution in [0, 0.1) is 0 Å². The molecule has 2 heterocycles. The maximum Gasteiger partial charge on any atom is 0.238 e. The van der Waals surface area contributed by atoms with Gasteiger partial charge in [0, 0.05) is 32.6 Å². The zero-order valence-corrected chi connectivity index (χ0v) is 11.6. The molecule has 1 atom stereocenters. The van der Waals surface area contributed by atoms with Crippen LogP contribution in [0.25, 0.3) is 0 Å². The lowest BCUT2D eigenvalue weighted by Gasteiger charge is -2.27. The van der Waals surface area contributed by atoms with Crippen LogP contribution in [0.1, 0.15) is 25.7 Å². The number of nitrogens with one attached hydrogen (secondary N) is 3. The summed E-state index contributed by atoms with van der Waals surface area (Å²) in [4.78, 5) is 36.5. The molecule has 112 valence electrons. The Morgan fingerprint density at radius 3 is 2.65 bits per heavy atom. The third kappa shape index (κ3) is 4.19. The highest BCUT2D eigenvalue weighted by Gasteiger charge is 2.23. The first-order valence-corrected chi connectivity index (χ1v) is 7.22. The molecule has 0 saturated carbocycles. The molecule has 2 aliphatic heterocycles. The van der Waals surface area contributed by atoms with E-state index in [-0.39, 0.29) is 24.3 Å². The van der Waals surface area contributed by atoms with E-state index >= 15 is 0 Å². The van der Waals surface area contributed by atoms with Crippen molar-refractivity contribution in [2.45, 2.75) is 31.7 Å². The van der Waals surface area contributed by atoms with Gasteiger partial charge in [0.05, 0.1) is 6.54 Å². The van der Waals surface area contributed by atoms with Crippen LogP contribution >= 0.6 is 0 Å². The highest BCUT2D eigenvalue weighted by molar-refractivity contribution is 5.87. The molecule has 0 spiro atoms. The fourth-order valence-corrected chi connectivity index (χ4v) is 2.47. The largest absolute Gasteiger partial charge is 0.354 e. The van der Waals surface area contributed by atoms with Crippen molar-refractivity contribution in [2.75, 3.05) is 32.7 Å². The third-order valence-electron chi connectivity index (χ3n) is 3.68. The SMILES string of the molecule is O=C1CNC(C(=O)NCCC(=O)N2CCCCC2)CN1. The predicted octanol–water partition coefficient (Wildman–Crippen LogP) is -1.41. The first kappa shape index (κ1) is 14.8. The summed E-state index contributed by atoms with van der Waals surface area (Å²) in [6.45, 7) is 2.47. The number of nitrogens with zero attached hydrogens (tertiary/aromatic N) is 1. The number of carbonyl (C=O) groups is 3. The smallest absolute Gasteiger partial charge is 0.238 e. The number of carbonyl (C=O) groups excluding carboxylic acids is 3. The van der Waals surface area contributed by atoms with Crippen LogP contribution in [-0.2, 0) is 14.4 Å². The molecule has 2 saturated heterocycles. The number of piperidine rings is 1. The fraction of sp³-hybridized carbons (Fsp3) is 0.769. The maximum atomic E-state index is 11.9. The van der Waals surface area contributed by atoms with Crippen molar-refractivity contribution in [2.24, 2.45) is 0 Å². The maximum absolute atomic E-state index is 11.9. The summed E-state index contributed by atoms with van der Waals surface area (Å²) in [5, 5.41) is 8.21. The van der Waals surface area contributed by atoms with Gasteiger partial charge in [-0.1, -0.05) is 0 Å². The number of hydrogen-bond donors (Lipinski definition) is 3. The molecule has 0 aromatic heterocycles. The predicted molar refractivity (Wildman–Crippen MR) is 72.9 cm³/mol. The van der Waals surface area contributed by atoms with Crippen molar-refractivity contribution in [3.8, 4) is 0 Å². The van der Waals surface area contributed by atoms with Crippen LogP contribution in [-0.4, -0.2) is 61.4 Å². The lowest BCUT2D eigenvalue weighted by molar-refractivity contribution is -0.132. The number of piperazine rings is 1. The molecule has 2 rings (SSSR count). The van der Waals surface area contributed by atoms with Crippen molar-refractivity contribution >= 4 is 17.7 Å². The summed E-state index contributed by atoms with van der Waals surface area (Å²) >= 11 is 0. The standard InChI is InChI=1S/C13H22N4O3/c18-11-9-15-10(8-16-11)13(20)14-5-4-12(19)17-6-2-1-3-7-17/h10,15H,1-9H2,(H,14,20)(H,16,18). The Morgan fingerprint density at radius 2 is 2.00 bits per heavy atom. The number of hydrogen-bond acceptors (Lipinski definition) is 4. The highest BCUT2D eigenvalue weighted by Crippen LogP contribution is 2.09. The van der Waals surface area contributed by atoms with Gasteiger partial charge in [0.1, 0.15) is 6.04 Å². The summed E-state index contributed by atoms with van der Waals surface area (Å²) in [6, 6.07) is -0.405. The lowest BCUT2D eigenvalue weighted by Crippen LogP contribution is -2.58. The Morgan fingerprint density at radius 1 is 1.25 bits per heavy atom. The fourth-order valence-electron chi connectivity index (χ4n) is 2.47. The summed E-state index contributed by atoms with van der Waals surface area (Å²) in [7, 11) is 0. The molecule has 3 amide bonds. The summed E-state index contributed by atoms with van der Waals surface area (Å²) in [5.74, 6) is -0.166. The Kier molecular flexibility index (Phi) is 5.34. The van der Waals surface area contributed by atoms with E-state index in [9.17, 15) is 14.4 Å². The average Bonchev–Trinajstić information content (AvgIpc) is 2.48. The second-order valence-electron chi connectivity index (χ2n) is 5.22. The van der Waals surface area contributed by atoms with Crippen molar-refractivity contribution < 1.29 is 14.4 Å². The van der Waals surface area contributed by atoms with Gasteiger partial charge in [-0.05, 0) is 19.3 Å². The van der Waals surface area contributed by atoms with Crippen LogP contribution in [0.3, 0.4) is 0 Å². The van der Waals surface area contributed by atoms with Crippen LogP contribution in [0.2, 0.25) is 0 Å². The van der Waals surface area contributed by atoms with Crippen molar-refractivity contribution in [3.05, 3.63) is 0 Å². The highest BCUT2D eigenvalue weighted by atomic mass is 16.2. The van der Waals surface area contributed by atoms with Gasteiger partial charge < -0.3 is 15.5 Å². The molecule has 20 heavy (non-hydrogen) atoms. The first-order chi connectivity index (χ1) is 9.66. The molecular weight excluding hydrogens is 260 g/mol. The van der Waals surface area contributed by atoms with Crippen molar-refractivity contribution in [1.29, 1.82) is 0 Å². The molecule has 0 aromatic rings. The van der Waals surface area contributed by atoms with E-state index < -0.39 is 6.04 Å². The summed E-state index contributed by atoms with van der Waals surface area (Å²) < 4.78 is 0. The van der Waals surface area contributed by atoms with Crippen molar-refractivity contribution in [3.63, 3.8) is 0 Å². The zero-order valence-electron chi connectivity index (χ0n) is 11.6. The number of likely N-dealkylation sites (tertiary alicyclic amines) is 1. The van der Waals surface area contributed by atoms with E-state index in [0.717, 1.165) is 25.9 Å². The Balaban J connectivity index is 1.63. The van der Waals surface area contributed by atoms with Crippen LogP contribution in [0.15, 0.2) is 0 Å². The topological polar surface area (TPSA) is 90.5 Å². The summed E-state index contributed by atoms with van der Waals surface area (Å²) in [6.07, 6.45) is 3.68. The van der Waals surface area contributed by atoms with Gasteiger partial charge in [0.25, 0.3) is 0 Å². The third-order valence-corrected chi connectivity index (χ3v) is 3.68. The van der Waals surface area contributed by atoms with Gasteiger partial charge in [-0.15, -0.1) is 0 Å². The first-order valence-electron chi connectivity index (χ1n) is 7.22. The van der Waals surface area contributed by atoms with Gasteiger partial charge in [0.2, 0.25) is 17.7 Å². The Labute approximate surface area is 118 Å². The minimum absolute atomic E-state index is 0.102. The van der Waals surface area contributed by atoms with E-state index in [2.05, 4.69) is 16.0 Å². The van der Waals surface area contributed by atoms with Gasteiger partial charge in [-0.2, -0.15) is 0 Å². The van der Waals surface area contributed by atoms with Crippen LogP contribution < -0.4 is 16.0 Å². The van der Waals surface area contributed by atoms with E-state index in [1.54, 1.807) is 0 Å². The minimum Gasteiger partial charge on any atom is -0.354 e. The van der Waals surface area contributed by atoms with E-state index in [0.29, 0.717) is 19.5 Å². The second-order valence-corrected chi connectivity index (χ2v) is 5.22. The minimum atomic E-state index is -0.405. The van der Waals surface area contributed by atoms with Gasteiger partial charge >= 0.3 is 0 Å². The average molecular weight is 282 g/mol. The van der Waals surface area contributed by atoms with Crippen LogP contribution in [0.5, 0.6) is 0 Å². The van der Waals surface area contributed by atoms with E-state index in [1.807, 2.05) is 4.90 Å².